The number of anilines is 1. The predicted octanol–water partition coefficient (Wildman–Crippen LogP) is 4.87. The molecule has 0 aromatic heterocycles. The molecular formula is C29H25NO5. The fourth-order valence-corrected chi connectivity index (χ4v) is 4.97. The number of hydrogen-bond donors (Lipinski definition) is 0. The van der Waals surface area contributed by atoms with Gasteiger partial charge in [-0.15, -0.1) is 0 Å². The summed E-state index contributed by atoms with van der Waals surface area (Å²) in [6, 6.07) is 27.9. The summed E-state index contributed by atoms with van der Waals surface area (Å²) >= 11 is 0. The number of Topliss-reactive ketones (excluding diaryl/α,β-unsaturated/α-hetero) is 1. The van der Waals surface area contributed by atoms with Crippen molar-refractivity contribution in [1.82, 2.24) is 0 Å². The van der Waals surface area contributed by atoms with Crippen LogP contribution in [0.2, 0.25) is 0 Å². The Kier molecular flexibility index (Phi) is 5.73. The summed E-state index contributed by atoms with van der Waals surface area (Å²) in [6.07, 6.45) is -0.777. The molecular weight excluding hydrogens is 442 g/mol. The number of para-hydroxylation sites is 1. The van der Waals surface area contributed by atoms with Crippen molar-refractivity contribution in [1.29, 1.82) is 0 Å². The number of ketones is 1. The number of ether oxygens (including phenoxy) is 2. The van der Waals surface area contributed by atoms with Crippen LogP contribution in [0.15, 0.2) is 102 Å². The maximum atomic E-state index is 13.6. The molecule has 176 valence electrons. The molecule has 0 N–H and O–H groups in total. The fourth-order valence-electron chi connectivity index (χ4n) is 4.97. The molecule has 0 saturated carbocycles. The highest BCUT2D eigenvalue weighted by atomic mass is 16.6. The third-order valence-corrected chi connectivity index (χ3v) is 6.35. The van der Waals surface area contributed by atoms with Gasteiger partial charge in [-0.2, -0.15) is 0 Å². The van der Waals surface area contributed by atoms with E-state index in [1.807, 2.05) is 78.9 Å². The van der Waals surface area contributed by atoms with Gasteiger partial charge >= 0.3 is 5.97 Å². The molecule has 1 fully saturated rings. The predicted molar refractivity (Wildman–Crippen MR) is 130 cm³/mol. The quantitative estimate of drug-likeness (QED) is 0.396. The zero-order chi connectivity index (χ0) is 24.6. The number of benzene rings is 3. The molecule has 2 atom stereocenters. The molecule has 0 aliphatic carbocycles. The van der Waals surface area contributed by atoms with Gasteiger partial charge in [-0.25, -0.2) is 4.79 Å². The average Bonchev–Trinajstić information content (AvgIpc) is 3.12. The molecule has 0 spiro atoms. The molecule has 0 radical (unpaired) electrons. The van der Waals surface area contributed by atoms with Crippen molar-refractivity contribution in [2.45, 2.75) is 38.0 Å². The molecule has 0 bridgehead atoms. The maximum absolute atomic E-state index is 13.6. The Bertz CT molecular complexity index is 1300. The highest BCUT2D eigenvalue weighted by Gasteiger charge is 2.62. The molecule has 2 unspecified atom stereocenters. The average molecular weight is 468 g/mol. The zero-order valence-electron chi connectivity index (χ0n) is 19.5. The number of carbonyl (C=O) groups is 3. The lowest BCUT2D eigenvalue weighted by Gasteiger charge is -2.44. The number of esters is 1. The highest BCUT2D eigenvalue weighted by Crippen LogP contribution is 2.55. The van der Waals surface area contributed by atoms with Crippen LogP contribution in [-0.4, -0.2) is 23.8 Å². The molecule has 3 aromatic rings. The summed E-state index contributed by atoms with van der Waals surface area (Å²) in [6.45, 7) is 3.45. The Labute approximate surface area is 203 Å². The number of amides is 1. The maximum Gasteiger partial charge on any atom is 0.374 e. The van der Waals surface area contributed by atoms with Gasteiger partial charge in [0.1, 0.15) is 11.6 Å². The lowest BCUT2D eigenvalue weighted by molar-refractivity contribution is -0.149. The Hall–Kier alpha value is -4.19. The normalized spacial score (nSPS) is 21.7. The first-order valence-corrected chi connectivity index (χ1v) is 11.6. The second-order valence-electron chi connectivity index (χ2n) is 8.91. The van der Waals surface area contributed by atoms with Gasteiger partial charge in [0.15, 0.2) is 0 Å². The van der Waals surface area contributed by atoms with Gasteiger partial charge in [-0.3, -0.25) is 14.5 Å². The molecule has 1 amide bonds. The smallest absolute Gasteiger partial charge is 0.374 e. The molecule has 35 heavy (non-hydrogen) atoms. The molecule has 5 rings (SSSR count). The summed E-state index contributed by atoms with van der Waals surface area (Å²) < 4.78 is 11.7. The van der Waals surface area contributed by atoms with Crippen molar-refractivity contribution in [2.24, 2.45) is 0 Å². The number of hydrogen-bond acceptors (Lipinski definition) is 5. The van der Waals surface area contributed by atoms with E-state index in [0.717, 1.165) is 11.1 Å². The van der Waals surface area contributed by atoms with Gasteiger partial charge < -0.3 is 9.47 Å². The minimum atomic E-state index is -1.25. The standard InChI is InChI=1S/C29H25NO5/c1-19(2)34-28(33)26-24-25(31)27(32)30(22-16-10-5-11-17-22)29(24,21-14-8-4-9-15-21)18-23(35-26)20-12-6-3-7-13-20/h3-17,19,23H,18H2,1-2H3. The molecule has 6 nitrogen and oxygen atoms in total. The minimum Gasteiger partial charge on any atom is -0.478 e. The van der Waals surface area contributed by atoms with Crippen molar-refractivity contribution in [3.05, 3.63) is 113 Å². The van der Waals surface area contributed by atoms with Crippen LogP contribution in [0.25, 0.3) is 0 Å². The Morgan fingerprint density at radius 1 is 0.914 bits per heavy atom. The topological polar surface area (TPSA) is 72.9 Å². The second kappa shape index (κ2) is 8.87. The van der Waals surface area contributed by atoms with Crippen LogP contribution < -0.4 is 4.90 Å². The highest BCUT2D eigenvalue weighted by molar-refractivity contribution is 6.52. The van der Waals surface area contributed by atoms with E-state index in [-0.39, 0.29) is 17.8 Å². The summed E-state index contributed by atoms with van der Waals surface area (Å²) in [7, 11) is 0. The summed E-state index contributed by atoms with van der Waals surface area (Å²) in [4.78, 5) is 42.1. The second-order valence-corrected chi connectivity index (χ2v) is 8.91. The van der Waals surface area contributed by atoms with E-state index in [1.54, 1.807) is 26.0 Å². The molecule has 2 aliphatic heterocycles. The minimum absolute atomic E-state index is 0.0235. The monoisotopic (exact) mass is 467 g/mol. The van der Waals surface area contributed by atoms with Crippen molar-refractivity contribution < 1.29 is 23.9 Å². The van der Waals surface area contributed by atoms with Crippen LogP contribution in [0.3, 0.4) is 0 Å². The van der Waals surface area contributed by atoms with E-state index in [2.05, 4.69) is 0 Å². The van der Waals surface area contributed by atoms with E-state index >= 15 is 0 Å². The van der Waals surface area contributed by atoms with E-state index < -0.39 is 35.4 Å². The first-order chi connectivity index (χ1) is 16.9. The van der Waals surface area contributed by atoms with Crippen LogP contribution in [0, 0.1) is 0 Å². The van der Waals surface area contributed by atoms with Crippen molar-refractivity contribution in [2.75, 3.05) is 4.90 Å². The van der Waals surface area contributed by atoms with Crippen LogP contribution in [0.4, 0.5) is 5.69 Å². The van der Waals surface area contributed by atoms with Gasteiger partial charge in [0.2, 0.25) is 5.76 Å². The lowest BCUT2D eigenvalue weighted by Crippen LogP contribution is -2.48. The van der Waals surface area contributed by atoms with Gasteiger partial charge in [0, 0.05) is 12.1 Å². The van der Waals surface area contributed by atoms with Crippen LogP contribution in [0.1, 0.15) is 37.5 Å². The zero-order valence-corrected chi connectivity index (χ0v) is 19.5. The number of carbonyl (C=O) groups excluding carboxylic acids is 3. The molecule has 3 aromatic carbocycles. The Morgan fingerprint density at radius 2 is 1.49 bits per heavy atom. The molecule has 6 heteroatoms. The van der Waals surface area contributed by atoms with E-state index in [4.69, 9.17) is 9.47 Å². The Morgan fingerprint density at radius 3 is 2.09 bits per heavy atom. The van der Waals surface area contributed by atoms with Gasteiger partial charge in [-0.1, -0.05) is 78.9 Å². The first kappa shape index (κ1) is 22.6. The summed E-state index contributed by atoms with van der Waals surface area (Å²) in [5, 5.41) is 0. The van der Waals surface area contributed by atoms with E-state index in [0.29, 0.717) is 5.69 Å². The third-order valence-electron chi connectivity index (χ3n) is 6.35. The largest absolute Gasteiger partial charge is 0.478 e. The Balaban J connectivity index is 1.82. The summed E-state index contributed by atoms with van der Waals surface area (Å²) in [5.41, 5.74) is 0.889. The van der Waals surface area contributed by atoms with Crippen LogP contribution in [-0.2, 0) is 29.4 Å². The molecule has 2 aliphatic rings. The number of fused-ring (bicyclic) bond motifs is 1. The third kappa shape index (κ3) is 3.71. The first-order valence-electron chi connectivity index (χ1n) is 11.6. The van der Waals surface area contributed by atoms with Crippen LogP contribution in [0.5, 0.6) is 0 Å². The molecule has 1 saturated heterocycles. The van der Waals surface area contributed by atoms with Crippen molar-refractivity contribution >= 4 is 23.3 Å². The van der Waals surface area contributed by atoms with Crippen molar-refractivity contribution in [3.8, 4) is 0 Å². The fraction of sp³-hybridized carbons (Fsp3) is 0.207. The lowest BCUT2D eigenvalue weighted by atomic mass is 9.75. The van der Waals surface area contributed by atoms with E-state index in [1.165, 1.54) is 4.90 Å². The molecule has 2 heterocycles. The van der Waals surface area contributed by atoms with Crippen molar-refractivity contribution in [3.63, 3.8) is 0 Å². The van der Waals surface area contributed by atoms with Gasteiger partial charge in [-0.05, 0) is 37.1 Å². The van der Waals surface area contributed by atoms with Gasteiger partial charge in [0.25, 0.3) is 11.7 Å². The van der Waals surface area contributed by atoms with Crippen LogP contribution >= 0.6 is 0 Å². The van der Waals surface area contributed by atoms with E-state index in [9.17, 15) is 14.4 Å². The summed E-state index contributed by atoms with van der Waals surface area (Å²) in [5.74, 6) is -2.44. The number of nitrogens with zero attached hydrogens (tertiary/aromatic N) is 1. The van der Waals surface area contributed by atoms with Gasteiger partial charge in [0.05, 0.1) is 11.7 Å². The number of rotatable bonds is 5. The SMILES string of the molecule is CC(C)OC(=O)C1=C2C(=O)C(=O)N(c3ccccc3)C2(c2ccccc2)CC(c2ccccc2)O1.